The number of aliphatic hydroxyl groups is 1. The predicted octanol–water partition coefficient (Wildman–Crippen LogP) is 2.23. The summed E-state index contributed by atoms with van der Waals surface area (Å²) in [5.74, 6) is -0.345. The summed E-state index contributed by atoms with van der Waals surface area (Å²) in [4.78, 5) is 0. The number of benzene rings is 1. The molecule has 1 N–H and O–H groups in total. The SMILES string of the molecule is Cc1cccc(F)c1C(C)CO. The lowest BCUT2D eigenvalue weighted by Gasteiger charge is -2.12. The van der Waals surface area contributed by atoms with Gasteiger partial charge >= 0.3 is 0 Å². The van der Waals surface area contributed by atoms with Crippen molar-refractivity contribution in [1.29, 1.82) is 0 Å². The molecule has 1 aromatic carbocycles. The van der Waals surface area contributed by atoms with Crippen molar-refractivity contribution in [2.45, 2.75) is 19.8 Å². The van der Waals surface area contributed by atoms with Gasteiger partial charge in [0.1, 0.15) is 5.82 Å². The van der Waals surface area contributed by atoms with E-state index >= 15 is 0 Å². The molecule has 0 amide bonds. The smallest absolute Gasteiger partial charge is 0.127 e. The molecule has 1 aromatic rings. The Morgan fingerprint density at radius 3 is 2.67 bits per heavy atom. The Labute approximate surface area is 71.9 Å². The van der Waals surface area contributed by atoms with Crippen molar-refractivity contribution in [2.75, 3.05) is 6.61 Å². The van der Waals surface area contributed by atoms with E-state index < -0.39 is 0 Å². The van der Waals surface area contributed by atoms with Crippen molar-refractivity contribution in [3.63, 3.8) is 0 Å². The fourth-order valence-corrected chi connectivity index (χ4v) is 1.36. The van der Waals surface area contributed by atoms with Crippen molar-refractivity contribution in [3.05, 3.63) is 35.1 Å². The Balaban J connectivity index is 3.12. The van der Waals surface area contributed by atoms with Crippen molar-refractivity contribution in [3.8, 4) is 0 Å². The highest BCUT2D eigenvalue weighted by molar-refractivity contribution is 5.30. The second-order valence-corrected chi connectivity index (χ2v) is 3.05. The number of hydrogen-bond acceptors (Lipinski definition) is 1. The summed E-state index contributed by atoms with van der Waals surface area (Å²) >= 11 is 0. The van der Waals surface area contributed by atoms with Gasteiger partial charge in [-0.1, -0.05) is 19.1 Å². The molecule has 66 valence electrons. The van der Waals surface area contributed by atoms with Crippen LogP contribution in [0.5, 0.6) is 0 Å². The first-order chi connectivity index (χ1) is 5.66. The van der Waals surface area contributed by atoms with Gasteiger partial charge in [0, 0.05) is 12.5 Å². The van der Waals surface area contributed by atoms with E-state index in [0.29, 0.717) is 5.56 Å². The van der Waals surface area contributed by atoms with Gasteiger partial charge in [0.2, 0.25) is 0 Å². The zero-order valence-electron chi connectivity index (χ0n) is 7.34. The van der Waals surface area contributed by atoms with Crippen molar-refractivity contribution in [1.82, 2.24) is 0 Å². The van der Waals surface area contributed by atoms with Crippen LogP contribution in [-0.4, -0.2) is 11.7 Å². The second kappa shape index (κ2) is 3.68. The summed E-state index contributed by atoms with van der Waals surface area (Å²) in [6.45, 7) is 3.65. The van der Waals surface area contributed by atoms with E-state index in [1.165, 1.54) is 6.07 Å². The topological polar surface area (TPSA) is 20.2 Å². The molecule has 1 nitrogen and oxygen atoms in total. The predicted molar refractivity (Wildman–Crippen MR) is 46.6 cm³/mol. The van der Waals surface area contributed by atoms with Gasteiger partial charge in [-0.2, -0.15) is 0 Å². The monoisotopic (exact) mass is 168 g/mol. The third kappa shape index (κ3) is 1.64. The molecule has 0 aromatic heterocycles. The average molecular weight is 168 g/mol. The quantitative estimate of drug-likeness (QED) is 0.718. The van der Waals surface area contributed by atoms with Crippen LogP contribution in [0.15, 0.2) is 18.2 Å². The molecule has 0 heterocycles. The molecule has 1 rings (SSSR count). The first kappa shape index (κ1) is 9.20. The molecule has 2 heteroatoms. The number of rotatable bonds is 2. The highest BCUT2D eigenvalue weighted by Crippen LogP contribution is 2.21. The molecule has 0 aliphatic rings. The maximum Gasteiger partial charge on any atom is 0.127 e. The number of hydrogen-bond donors (Lipinski definition) is 1. The van der Waals surface area contributed by atoms with Crippen LogP contribution in [0.1, 0.15) is 24.0 Å². The Morgan fingerprint density at radius 2 is 2.17 bits per heavy atom. The lowest BCUT2D eigenvalue weighted by atomic mass is 9.97. The summed E-state index contributed by atoms with van der Waals surface area (Å²) in [7, 11) is 0. The maximum atomic E-state index is 13.2. The first-order valence-electron chi connectivity index (χ1n) is 4.02. The Morgan fingerprint density at radius 1 is 1.50 bits per heavy atom. The molecule has 0 fully saturated rings. The highest BCUT2D eigenvalue weighted by Gasteiger charge is 2.11. The van der Waals surface area contributed by atoms with E-state index in [4.69, 9.17) is 5.11 Å². The van der Waals surface area contributed by atoms with Crippen molar-refractivity contribution in [2.24, 2.45) is 0 Å². The normalized spacial score (nSPS) is 13.0. The Bertz CT molecular complexity index is 250. The van der Waals surface area contributed by atoms with Gasteiger partial charge in [-0.3, -0.25) is 0 Å². The summed E-state index contributed by atoms with van der Waals surface area (Å²) in [6, 6.07) is 4.96. The van der Waals surface area contributed by atoms with Gasteiger partial charge in [-0.25, -0.2) is 4.39 Å². The number of aryl methyl sites for hydroxylation is 1. The van der Waals surface area contributed by atoms with Crippen LogP contribution < -0.4 is 0 Å². The van der Waals surface area contributed by atoms with Gasteiger partial charge < -0.3 is 5.11 Å². The Kier molecular flexibility index (Phi) is 2.82. The molecule has 12 heavy (non-hydrogen) atoms. The van der Waals surface area contributed by atoms with Gasteiger partial charge in [-0.05, 0) is 24.1 Å². The fourth-order valence-electron chi connectivity index (χ4n) is 1.36. The Hall–Kier alpha value is -0.890. The summed E-state index contributed by atoms with van der Waals surface area (Å²) in [6.07, 6.45) is 0. The van der Waals surface area contributed by atoms with Gasteiger partial charge in [0.15, 0.2) is 0 Å². The molecule has 1 atom stereocenters. The highest BCUT2D eigenvalue weighted by atomic mass is 19.1. The first-order valence-corrected chi connectivity index (χ1v) is 4.02. The molecule has 0 radical (unpaired) electrons. The van der Waals surface area contributed by atoms with Crippen molar-refractivity contribution >= 4 is 0 Å². The lowest BCUT2D eigenvalue weighted by molar-refractivity contribution is 0.270. The van der Waals surface area contributed by atoms with Crippen LogP contribution in [-0.2, 0) is 0 Å². The standard InChI is InChI=1S/C10H13FO/c1-7-4-3-5-9(11)10(7)8(2)6-12/h3-5,8,12H,6H2,1-2H3. The fraction of sp³-hybridized carbons (Fsp3) is 0.400. The minimum Gasteiger partial charge on any atom is -0.396 e. The van der Waals surface area contributed by atoms with E-state index in [-0.39, 0.29) is 18.3 Å². The number of aliphatic hydroxyl groups excluding tert-OH is 1. The van der Waals surface area contributed by atoms with Crippen LogP contribution in [0.4, 0.5) is 4.39 Å². The summed E-state index contributed by atoms with van der Waals surface area (Å²) in [5.41, 5.74) is 1.52. The van der Waals surface area contributed by atoms with E-state index in [1.807, 2.05) is 19.9 Å². The third-order valence-corrected chi connectivity index (χ3v) is 2.04. The summed E-state index contributed by atoms with van der Waals surface area (Å²) < 4.78 is 13.2. The molecular formula is C10H13FO. The van der Waals surface area contributed by atoms with E-state index in [9.17, 15) is 4.39 Å². The van der Waals surface area contributed by atoms with Gasteiger partial charge in [0.25, 0.3) is 0 Å². The van der Waals surface area contributed by atoms with Crippen LogP contribution in [0, 0.1) is 12.7 Å². The molecule has 0 saturated heterocycles. The second-order valence-electron chi connectivity index (χ2n) is 3.05. The largest absolute Gasteiger partial charge is 0.396 e. The molecular weight excluding hydrogens is 155 g/mol. The zero-order chi connectivity index (χ0) is 9.14. The summed E-state index contributed by atoms with van der Waals surface area (Å²) in [5, 5.41) is 8.87. The van der Waals surface area contributed by atoms with Gasteiger partial charge in [-0.15, -0.1) is 0 Å². The lowest BCUT2D eigenvalue weighted by Crippen LogP contribution is -2.04. The van der Waals surface area contributed by atoms with E-state index in [2.05, 4.69) is 0 Å². The molecule has 0 spiro atoms. The van der Waals surface area contributed by atoms with Crippen LogP contribution in [0.25, 0.3) is 0 Å². The maximum absolute atomic E-state index is 13.2. The average Bonchev–Trinajstić information content (AvgIpc) is 2.03. The molecule has 1 unspecified atom stereocenters. The van der Waals surface area contributed by atoms with Crippen LogP contribution in [0.2, 0.25) is 0 Å². The van der Waals surface area contributed by atoms with Crippen LogP contribution >= 0.6 is 0 Å². The zero-order valence-corrected chi connectivity index (χ0v) is 7.34. The molecule has 0 aliphatic carbocycles. The van der Waals surface area contributed by atoms with E-state index in [0.717, 1.165) is 5.56 Å². The molecule has 0 saturated carbocycles. The molecule has 0 aliphatic heterocycles. The number of halogens is 1. The molecule has 0 bridgehead atoms. The van der Waals surface area contributed by atoms with Crippen LogP contribution in [0.3, 0.4) is 0 Å². The van der Waals surface area contributed by atoms with Crippen molar-refractivity contribution < 1.29 is 9.50 Å². The minimum atomic E-state index is -0.225. The minimum absolute atomic E-state index is 0.0121. The van der Waals surface area contributed by atoms with E-state index in [1.54, 1.807) is 6.07 Å². The third-order valence-electron chi connectivity index (χ3n) is 2.04. The van der Waals surface area contributed by atoms with Gasteiger partial charge in [0.05, 0.1) is 0 Å².